The minimum Gasteiger partial charge on any atom is -0.493 e. The number of aromatic nitrogens is 1. The summed E-state index contributed by atoms with van der Waals surface area (Å²) in [6.07, 6.45) is 5.96. The summed E-state index contributed by atoms with van der Waals surface area (Å²) in [5.74, 6) is 1.06. The van der Waals surface area contributed by atoms with E-state index >= 15 is 0 Å². The summed E-state index contributed by atoms with van der Waals surface area (Å²) in [5, 5.41) is 3.64. The minimum absolute atomic E-state index is 0.144. The lowest BCUT2D eigenvalue weighted by Gasteiger charge is -2.21. The van der Waals surface area contributed by atoms with E-state index in [9.17, 15) is 0 Å². The van der Waals surface area contributed by atoms with E-state index in [1.54, 1.807) is 0 Å². The molecule has 1 aliphatic heterocycles. The molecule has 0 saturated heterocycles. The van der Waals surface area contributed by atoms with E-state index < -0.39 is 0 Å². The Hall–Kier alpha value is -1.87. The molecule has 0 saturated carbocycles. The molecule has 2 aromatic rings. The summed E-state index contributed by atoms with van der Waals surface area (Å²) in [6.45, 7) is 6.03. The highest BCUT2D eigenvalue weighted by molar-refractivity contribution is 5.48. The van der Waals surface area contributed by atoms with Crippen molar-refractivity contribution in [3.05, 3.63) is 58.9 Å². The van der Waals surface area contributed by atoms with E-state index in [1.165, 1.54) is 22.3 Å². The van der Waals surface area contributed by atoms with E-state index in [0.717, 1.165) is 31.7 Å². The Morgan fingerprint density at radius 1 is 1.33 bits per heavy atom. The lowest BCUT2D eigenvalue weighted by atomic mass is 9.96. The summed E-state index contributed by atoms with van der Waals surface area (Å²) < 4.78 is 5.88. The molecule has 21 heavy (non-hydrogen) atoms. The zero-order valence-corrected chi connectivity index (χ0v) is 12.7. The van der Waals surface area contributed by atoms with Crippen molar-refractivity contribution in [2.45, 2.75) is 32.7 Å². The summed E-state index contributed by atoms with van der Waals surface area (Å²) in [5.41, 5.74) is 4.93. The Morgan fingerprint density at radius 3 is 3.05 bits per heavy atom. The predicted octanol–water partition coefficient (Wildman–Crippen LogP) is 3.41. The first kappa shape index (κ1) is 14.1. The van der Waals surface area contributed by atoms with Gasteiger partial charge in [-0.25, -0.2) is 0 Å². The van der Waals surface area contributed by atoms with Gasteiger partial charge in [0.1, 0.15) is 5.75 Å². The van der Waals surface area contributed by atoms with Crippen LogP contribution in [-0.2, 0) is 6.42 Å². The Labute approximate surface area is 126 Å². The zero-order valence-electron chi connectivity index (χ0n) is 12.7. The van der Waals surface area contributed by atoms with Crippen molar-refractivity contribution in [1.82, 2.24) is 10.3 Å². The summed E-state index contributed by atoms with van der Waals surface area (Å²) in [6, 6.07) is 8.81. The molecule has 1 unspecified atom stereocenters. The van der Waals surface area contributed by atoms with Crippen molar-refractivity contribution < 1.29 is 4.74 Å². The number of aryl methyl sites for hydroxylation is 1. The van der Waals surface area contributed by atoms with Crippen LogP contribution in [0.15, 0.2) is 36.7 Å². The summed E-state index contributed by atoms with van der Waals surface area (Å²) in [4.78, 5) is 4.35. The standard InChI is InChI=1S/C18H22N2O/c1-3-8-20-17(15-10-13(2)11-19-12-15)16-6-4-5-14-7-9-21-18(14)16/h4-6,10-12,17,20H,3,7-9H2,1-2H3. The molecule has 1 aliphatic rings. The van der Waals surface area contributed by atoms with Crippen LogP contribution in [0.3, 0.4) is 0 Å². The number of benzene rings is 1. The van der Waals surface area contributed by atoms with Gasteiger partial charge in [-0.05, 0) is 36.6 Å². The molecule has 3 nitrogen and oxygen atoms in total. The van der Waals surface area contributed by atoms with Crippen LogP contribution in [0.2, 0.25) is 0 Å². The van der Waals surface area contributed by atoms with Crippen LogP contribution < -0.4 is 10.1 Å². The fourth-order valence-corrected chi connectivity index (χ4v) is 2.90. The molecule has 1 aromatic carbocycles. The number of nitrogens with zero attached hydrogens (tertiary/aromatic N) is 1. The van der Waals surface area contributed by atoms with Crippen molar-refractivity contribution in [3.63, 3.8) is 0 Å². The molecule has 110 valence electrons. The van der Waals surface area contributed by atoms with Gasteiger partial charge in [0.25, 0.3) is 0 Å². The molecule has 0 spiro atoms. The fraction of sp³-hybridized carbons (Fsp3) is 0.389. The smallest absolute Gasteiger partial charge is 0.127 e. The molecule has 0 aliphatic carbocycles. The Morgan fingerprint density at radius 2 is 2.24 bits per heavy atom. The van der Waals surface area contributed by atoms with Crippen LogP contribution >= 0.6 is 0 Å². The molecule has 3 rings (SSSR count). The largest absolute Gasteiger partial charge is 0.493 e. The maximum Gasteiger partial charge on any atom is 0.127 e. The second-order valence-corrected chi connectivity index (χ2v) is 5.62. The average molecular weight is 282 g/mol. The predicted molar refractivity (Wildman–Crippen MR) is 84.8 cm³/mol. The van der Waals surface area contributed by atoms with Crippen LogP contribution in [0, 0.1) is 6.92 Å². The lowest BCUT2D eigenvalue weighted by Crippen LogP contribution is -2.24. The summed E-state index contributed by atoms with van der Waals surface area (Å²) >= 11 is 0. The second-order valence-electron chi connectivity index (χ2n) is 5.62. The average Bonchev–Trinajstić information content (AvgIpc) is 2.97. The SMILES string of the molecule is CCCNC(c1cncc(C)c1)c1cccc2c1OCC2. The third-order valence-corrected chi connectivity index (χ3v) is 3.88. The van der Waals surface area contributed by atoms with Gasteiger partial charge in [-0.3, -0.25) is 4.98 Å². The van der Waals surface area contributed by atoms with Crippen molar-refractivity contribution in [2.75, 3.05) is 13.2 Å². The molecule has 0 bridgehead atoms. The van der Waals surface area contributed by atoms with E-state index in [1.807, 2.05) is 12.4 Å². The quantitative estimate of drug-likeness (QED) is 0.912. The Balaban J connectivity index is 2.02. The van der Waals surface area contributed by atoms with Crippen molar-refractivity contribution >= 4 is 0 Å². The van der Waals surface area contributed by atoms with E-state index in [2.05, 4.69) is 48.4 Å². The van der Waals surface area contributed by atoms with Gasteiger partial charge < -0.3 is 10.1 Å². The minimum atomic E-state index is 0.144. The molecule has 1 aromatic heterocycles. The highest BCUT2D eigenvalue weighted by Crippen LogP contribution is 2.36. The van der Waals surface area contributed by atoms with Gasteiger partial charge in [0.2, 0.25) is 0 Å². The van der Waals surface area contributed by atoms with Gasteiger partial charge in [0.05, 0.1) is 12.6 Å². The van der Waals surface area contributed by atoms with Crippen LogP contribution in [0.4, 0.5) is 0 Å². The fourth-order valence-electron chi connectivity index (χ4n) is 2.90. The number of ether oxygens (including phenoxy) is 1. The third kappa shape index (κ3) is 2.93. The first-order valence-corrected chi connectivity index (χ1v) is 7.69. The Bertz CT molecular complexity index is 624. The van der Waals surface area contributed by atoms with Gasteiger partial charge in [0, 0.05) is 24.4 Å². The number of hydrogen-bond donors (Lipinski definition) is 1. The first-order chi connectivity index (χ1) is 10.3. The molecular formula is C18H22N2O. The van der Waals surface area contributed by atoms with Crippen LogP contribution in [0.25, 0.3) is 0 Å². The van der Waals surface area contributed by atoms with Gasteiger partial charge >= 0.3 is 0 Å². The van der Waals surface area contributed by atoms with E-state index in [0.29, 0.717) is 0 Å². The number of nitrogens with one attached hydrogen (secondary N) is 1. The van der Waals surface area contributed by atoms with E-state index in [4.69, 9.17) is 4.74 Å². The Kier molecular flexibility index (Phi) is 4.20. The van der Waals surface area contributed by atoms with Crippen LogP contribution in [0.1, 0.15) is 41.6 Å². The van der Waals surface area contributed by atoms with Crippen molar-refractivity contribution in [1.29, 1.82) is 0 Å². The molecule has 2 heterocycles. The first-order valence-electron chi connectivity index (χ1n) is 7.69. The lowest BCUT2D eigenvalue weighted by molar-refractivity contribution is 0.350. The number of hydrogen-bond acceptors (Lipinski definition) is 3. The molecule has 3 heteroatoms. The normalized spacial score (nSPS) is 14.6. The number of rotatable bonds is 5. The maximum absolute atomic E-state index is 5.88. The third-order valence-electron chi connectivity index (χ3n) is 3.88. The van der Waals surface area contributed by atoms with Crippen LogP contribution in [0.5, 0.6) is 5.75 Å². The molecule has 1 N–H and O–H groups in total. The van der Waals surface area contributed by atoms with Gasteiger partial charge in [0.15, 0.2) is 0 Å². The molecule has 1 atom stereocenters. The van der Waals surface area contributed by atoms with Gasteiger partial charge in [-0.2, -0.15) is 0 Å². The van der Waals surface area contributed by atoms with E-state index in [-0.39, 0.29) is 6.04 Å². The summed E-state index contributed by atoms with van der Waals surface area (Å²) in [7, 11) is 0. The molecule has 0 amide bonds. The van der Waals surface area contributed by atoms with Gasteiger partial charge in [-0.15, -0.1) is 0 Å². The number of para-hydroxylation sites is 1. The van der Waals surface area contributed by atoms with Crippen LogP contribution in [-0.4, -0.2) is 18.1 Å². The van der Waals surface area contributed by atoms with Crippen molar-refractivity contribution in [3.8, 4) is 5.75 Å². The molecule has 0 radical (unpaired) electrons. The number of pyridine rings is 1. The zero-order chi connectivity index (χ0) is 14.7. The second kappa shape index (κ2) is 6.27. The molecule has 0 fully saturated rings. The highest BCUT2D eigenvalue weighted by Gasteiger charge is 2.23. The number of fused-ring (bicyclic) bond motifs is 1. The maximum atomic E-state index is 5.88. The monoisotopic (exact) mass is 282 g/mol. The topological polar surface area (TPSA) is 34.2 Å². The highest BCUT2D eigenvalue weighted by atomic mass is 16.5. The van der Waals surface area contributed by atoms with Gasteiger partial charge in [-0.1, -0.05) is 31.2 Å². The van der Waals surface area contributed by atoms with Crippen molar-refractivity contribution in [2.24, 2.45) is 0 Å². The molecular weight excluding hydrogens is 260 g/mol.